The Morgan fingerprint density at radius 2 is 1.97 bits per heavy atom. The fourth-order valence-corrected chi connectivity index (χ4v) is 5.55. The smallest absolute Gasteiger partial charge is 0.226 e. The quantitative estimate of drug-likeness (QED) is 0.601. The Hall–Kier alpha value is -2.86. The number of aromatic nitrogens is 1. The number of ether oxygens (including phenoxy) is 1. The van der Waals surface area contributed by atoms with Crippen molar-refractivity contribution in [1.29, 1.82) is 0 Å². The van der Waals surface area contributed by atoms with Crippen molar-refractivity contribution in [3.8, 4) is 5.75 Å². The number of amides is 1. The number of halogens is 1. The largest absolute Gasteiger partial charge is 0.497 e. The third-order valence-electron chi connectivity index (χ3n) is 7.32. The first-order valence-corrected chi connectivity index (χ1v) is 12.0. The van der Waals surface area contributed by atoms with Crippen LogP contribution in [0.2, 0.25) is 0 Å². The van der Waals surface area contributed by atoms with Crippen LogP contribution in [-0.2, 0) is 11.3 Å². The van der Waals surface area contributed by atoms with Crippen molar-refractivity contribution in [2.75, 3.05) is 33.3 Å². The molecule has 1 unspecified atom stereocenters. The molecule has 2 saturated heterocycles. The summed E-state index contributed by atoms with van der Waals surface area (Å²) in [6.07, 6.45) is 6.04. The van der Waals surface area contributed by atoms with Crippen molar-refractivity contribution in [2.24, 2.45) is 5.92 Å². The van der Waals surface area contributed by atoms with Gasteiger partial charge < -0.3 is 14.6 Å². The highest BCUT2D eigenvalue weighted by atomic mass is 19.1. The summed E-state index contributed by atoms with van der Waals surface area (Å²) < 4.78 is 19.0. The molecule has 5 nitrogen and oxygen atoms in total. The summed E-state index contributed by atoms with van der Waals surface area (Å²) in [7, 11) is 1.70. The number of likely N-dealkylation sites (tertiary alicyclic amines) is 2. The number of carbonyl (C=O) groups is 1. The molecule has 0 bridgehead atoms. The third-order valence-corrected chi connectivity index (χ3v) is 7.32. The van der Waals surface area contributed by atoms with Gasteiger partial charge in [-0.05, 0) is 79.6 Å². The van der Waals surface area contributed by atoms with Gasteiger partial charge in [-0.15, -0.1) is 0 Å². The lowest BCUT2D eigenvalue weighted by atomic mass is 9.88. The summed E-state index contributed by atoms with van der Waals surface area (Å²) in [5.41, 5.74) is 3.43. The number of carbonyl (C=O) groups excluding carboxylic acids is 1. The zero-order valence-corrected chi connectivity index (χ0v) is 19.2. The molecule has 2 aliphatic rings. The van der Waals surface area contributed by atoms with Gasteiger partial charge in [-0.25, -0.2) is 4.39 Å². The molecule has 2 aromatic carbocycles. The number of fused-ring (bicyclic) bond motifs is 1. The van der Waals surface area contributed by atoms with Gasteiger partial charge in [0.15, 0.2) is 0 Å². The SMILES string of the molecule is COc1ccc2[nH]cc(C3CCN(C(=O)C4CCCN(Cc5cccc(F)c5)C4)CC3)c2c1. The maximum atomic E-state index is 13.5. The standard InChI is InChI=1S/C27H32FN3O2/c1-33-23-7-8-26-24(15-23)25(16-29-26)20-9-12-31(13-10-20)27(32)21-5-3-11-30(18-21)17-19-4-2-6-22(28)14-19/h2,4,6-8,14-16,20-21,29H,3,5,9-13,17-18H2,1H3. The van der Waals surface area contributed by atoms with Crippen LogP contribution in [0.25, 0.3) is 10.9 Å². The van der Waals surface area contributed by atoms with Crippen molar-refractivity contribution in [1.82, 2.24) is 14.8 Å². The van der Waals surface area contributed by atoms with E-state index in [1.165, 1.54) is 17.0 Å². The fraction of sp³-hybridized carbons (Fsp3) is 0.444. The van der Waals surface area contributed by atoms with E-state index in [-0.39, 0.29) is 17.6 Å². The summed E-state index contributed by atoms with van der Waals surface area (Å²) in [5, 5.41) is 1.22. The lowest BCUT2D eigenvalue weighted by Gasteiger charge is -2.38. The van der Waals surface area contributed by atoms with Gasteiger partial charge in [0.1, 0.15) is 11.6 Å². The molecule has 1 atom stereocenters. The molecule has 2 aliphatic heterocycles. The molecule has 1 N–H and O–H groups in total. The highest BCUT2D eigenvalue weighted by molar-refractivity contribution is 5.85. The minimum absolute atomic E-state index is 0.0428. The second-order valence-electron chi connectivity index (χ2n) is 9.46. The summed E-state index contributed by atoms with van der Waals surface area (Å²) >= 11 is 0. The van der Waals surface area contributed by atoms with Gasteiger partial charge >= 0.3 is 0 Å². The lowest BCUT2D eigenvalue weighted by molar-refractivity contribution is -0.138. The van der Waals surface area contributed by atoms with Gasteiger partial charge in [0.2, 0.25) is 5.91 Å². The first kappa shape index (κ1) is 22.0. The van der Waals surface area contributed by atoms with Gasteiger partial charge in [0, 0.05) is 43.3 Å². The summed E-state index contributed by atoms with van der Waals surface area (Å²) in [6.45, 7) is 4.04. The topological polar surface area (TPSA) is 48.6 Å². The Balaban J connectivity index is 1.19. The Morgan fingerprint density at radius 1 is 1.12 bits per heavy atom. The average molecular weight is 450 g/mol. The van der Waals surface area contributed by atoms with Crippen LogP contribution in [0.15, 0.2) is 48.7 Å². The van der Waals surface area contributed by atoms with E-state index >= 15 is 0 Å². The van der Waals surface area contributed by atoms with Crippen molar-refractivity contribution >= 4 is 16.8 Å². The number of aromatic amines is 1. The van der Waals surface area contributed by atoms with E-state index in [1.807, 2.05) is 12.1 Å². The molecule has 1 amide bonds. The van der Waals surface area contributed by atoms with Crippen molar-refractivity contribution in [3.05, 3.63) is 65.6 Å². The van der Waals surface area contributed by atoms with Gasteiger partial charge in [0.25, 0.3) is 0 Å². The predicted octanol–water partition coefficient (Wildman–Crippen LogP) is 4.93. The molecule has 3 heterocycles. The molecule has 2 fully saturated rings. The Labute approximate surface area is 194 Å². The number of methoxy groups -OCH3 is 1. The molecular weight excluding hydrogens is 417 g/mol. The van der Waals surface area contributed by atoms with Gasteiger partial charge in [-0.2, -0.15) is 0 Å². The van der Waals surface area contributed by atoms with Crippen LogP contribution in [0, 0.1) is 11.7 Å². The number of hydrogen-bond donors (Lipinski definition) is 1. The number of hydrogen-bond acceptors (Lipinski definition) is 3. The van der Waals surface area contributed by atoms with Crippen LogP contribution in [-0.4, -0.2) is 54.0 Å². The highest BCUT2D eigenvalue weighted by Crippen LogP contribution is 2.35. The highest BCUT2D eigenvalue weighted by Gasteiger charge is 2.32. The second-order valence-corrected chi connectivity index (χ2v) is 9.46. The maximum absolute atomic E-state index is 13.5. The number of H-pyrrole nitrogens is 1. The van der Waals surface area contributed by atoms with Crippen LogP contribution < -0.4 is 4.74 Å². The summed E-state index contributed by atoms with van der Waals surface area (Å²) in [6, 6.07) is 12.9. The second kappa shape index (κ2) is 9.56. The van der Waals surface area contributed by atoms with Gasteiger partial charge in [-0.3, -0.25) is 9.69 Å². The normalized spacial score (nSPS) is 20.3. The molecule has 6 heteroatoms. The molecular formula is C27H32FN3O2. The number of piperidine rings is 2. The van der Waals surface area contributed by atoms with E-state index in [0.29, 0.717) is 12.5 Å². The van der Waals surface area contributed by atoms with Gasteiger partial charge in [0.05, 0.1) is 13.0 Å². The molecule has 3 aromatic rings. The Kier molecular flexibility index (Phi) is 6.36. The van der Waals surface area contributed by atoms with E-state index in [0.717, 1.165) is 68.7 Å². The number of nitrogens with one attached hydrogen (secondary N) is 1. The number of rotatable bonds is 5. The van der Waals surface area contributed by atoms with E-state index in [1.54, 1.807) is 19.2 Å². The zero-order valence-electron chi connectivity index (χ0n) is 19.2. The maximum Gasteiger partial charge on any atom is 0.226 e. The Morgan fingerprint density at radius 3 is 2.76 bits per heavy atom. The van der Waals surface area contributed by atoms with Crippen molar-refractivity contribution in [3.63, 3.8) is 0 Å². The fourth-order valence-electron chi connectivity index (χ4n) is 5.55. The van der Waals surface area contributed by atoms with E-state index in [9.17, 15) is 9.18 Å². The summed E-state index contributed by atoms with van der Waals surface area (Å²) in [4.78, 5) is 21.1. The molecule has 1 aromatic heterocycles. The number of nitrogens with zero attached hydrogens (tertiary/aromatic N) is 2. The van der Waals surface area contributed by atoms with Crippen LogP contribution in [0.4, 0.5) is 4.39 Å². The first-order chi connectivity index (χ1) is 16.1. The molecule has 5 rings (SSSR count). The van der Waals surface area contributed by atoms with E-state index in [2.05, 4.69) is 33.1 Å². The number of benzene rings is 2. The molecule has 174 valence electrons. The van der Waals surface area contributed by atoms with E-state index in [4.69, 9.17) is 4.74 Å². The molecule has 0 aliphatic carbocycles. The Bertz CT molecular complexity index is 1120. The van der Waals surface area contributed by atoms with Gasteiger partial charge in [-0.1, -0.05) is 12.1 Å². The first-order valence-electron chi connectivity index (χ1n) is 12.0. The lowest BCUT2D eigenvalue weighted by Crippen LogP contribution is -2.46. The summed E-state index contributed by atoms with van der Waals surface area (Å²) in [5.74, 6) is 1.45. The van der Waals surface area contributed by atoms with E-state index < -0.39 is 0 Å². The molecule has 0 radical (unpaired) electrons. The zero-order chi connectivity index (χ0) is 22.8. The van der Waals surface area contributed by atoms with Crippen LogP contribution in [0.3, 0.4) is 0 Å². The van der Waals surface area contributed by atoms with Crippen molar-refractivity contribution < 1.29 is 13.9 Å². The molecule has 0 saturated carbocycles. The molecule has 0 spiro atoms. The molecule has 33 heavy (non-hydrogen) atoms. The average Bonchev–Trinajstić information content (AvgIpc) is 3.27. The van der Waals surface area contributed by atoms with Crippen molar-refractivity contribution in [2.45, 2.75) is 38.1 Å². The monoisotopic (exact) mass is 449 g/mol. The predicted molar refractivity (Wildman–Crippen MR) is 128 cm³/mol. The minimum Gasteiger partial charge on any atom is -0.497 e. The van der Waals surface area contributed by atoms with Crippen LogP contribution in [0.5, 0.6) is 5.75 Å². The minimum atomic E-state index is -0.200. The van der Waals surface area contributed by atoms with Crippen LogP contribution in [0.1, 0.15) is 42.7 Å². The third kappa shape index (κ3) is 4.76. The van der Waals surface area contributed by atoms with Crippen LogP contribution >= 0.6 is 0 Å².